The summed E-state index contributed by atoms with van der Waals surface area (Å²) in [6, 6.07) is 2.43. The molecule has 0 heterocycles. The van der Waals surface area contributed by atoms with Crippen LogP contribution in [0.25, 0.3) is 0 Å². The summed E-state index contributed by atoms with van der Waals surface area (Å²) >= 11 is 0. The van der Waals surface area contributed by atoms with Crippen molar-refractivity contribution in [3.63, 3.8) is 0 Å². The van der Waals surface area contributed by atoms with Crippen LogP contribution in [-0.2, 0) is 18.9 Å². The zero-order valence-corrected chi connectivity index (χ0v) is 23.6. The summed E-state index contributed by atoms with van der Waals surface area (Å²) in [7, 11) is 4.97. The van der Waals surface area contributed by atoms with Crippen molar-refractivity contribution in [2.24, 2.45) is 0 Å². The van der Waals surface area contributed by atoms with E-state index < -0.39 is 0 Å². The molecule has 0 aromatic carbocycles. The van der Waals surface area contributed by atoms with Gasteiger partial charge in [-0.3, -0.25) is 0 Å². The lowest BCUT2D eigenvalue weighted by atomic mass is 10.4. The van der Waals surface area contributed by atoms with Gasteiger partial charge in [-0.1, -0.05) is 47.5 Å². The van der Waals surface area contributed by atoms with Crippen LogP contribution in [0.2, 0.25) is 12.1 Å². The highest BCUT2D eigenvalue weighted by Gasteiger charge is 2.31. The molecule has 164 valence electrons. The summed E-state index contributed by atoms with van der Waals surface area (Å²) in [5.41, 5.74) is -0.523. The molecule has 0 aromatic heterocycles. The van der Waals surface area contributed by atoms with Crippen molar-refractivity contribution in [2.45, 2.75) is 77.3 Å². The Kier molecular flexibility index (Phi) is 19.0. The van der Waals surface area contributed by atoms with E-state index in [0.29, 0.717) is 0 Å². The minimum Gasteiger partial charge on any atom is -0.355 e. The fourth-order valence-corrected chi connectivity index (χ4v) is 11.4. The van der Waals surface area contributed by atoms with E-state index in [1.54, 1.807) is 0 Å². The molecule has 0 fully saturated rings. The van der Waals surface area contributed by atoms with Crippen LogP contribution in [0, 0.1) is 0 Å². The molecule has 0 bridgehead atoms. The van der Waals surface area contributed by atoms with Crippen molar-refractivity contribution in [3.8, 4) is 0 Å². The van der Waals surface area contributed by atoms with Gasteiger partial charge in [-0.2, -0.15) is 0 Å². The third-order valence-corrected chi connectivity index (χ3v) is 12.4. The Morgan fingerprint density at radius 2 is 0.926 bits per heavy atom. The molecular weight excluding hydrogens is 433 g/mol. The van der Waals surface area contributed by atoms with Gasteiger partial charge in [0.25, 0.3) is 0 Å². The van der Waals surface area contributed by atoms with E-state index in [0.717, 1.165) is 50.8 Å². The Morgan fingerprint density at radius 3 is 1.19 bits per heavy atom. The average molecular weight is 475 g/mol. The van der Waals surface area contributed by atoms with Crippen molar-refractivity contribution in [2.75, 3.05) is 37.9 Å². The smallest absolute Gasteiger partial charge is 0.145 e. The van der Waals surface area contributed by atoms with Crippen molar-refractivity contribution < 1.29 is 18.9 Å². The summed E-state index contributed by atoms with van der Waals surface area (Å²) < 4.78 is 24.2. The number of hydrogen-bond acceptors (Lipinski definition) is 7. The minimum absolute atomic E-state index is 0.262. The second-order valence-corrected chi connectivity index (χ2v) is 15.9. The van der Waals surface area contributed by atoms with Gasteiger partial charge < -0.3 is 18.9 Å². The molecule has 27 heavy (non-hydrogen) atoms. The molecule has 0 unspecified atom stereocenters. The van der Waals surface area contributed by atoms with Crippen LogP contribution in [-0.4, -0.2) is 67.8 Å². The normalized spacial score (nSPS) is 13.6. The highest BCUT2D eigenvalue weighted by atomic mass is 33.5. The molecule has 0 aliphatic carbocycles. The standard InChI is InChI=1S/C18H42O4S3Si2/c1-7-19-17(20-8-2,26-11-5)13-15-23-25-24-16-14-18(21-9-3,22-10-4)27-12-6/h7-16,26-27H2,1-6H3. The van der Waals surface area contributed by atoms with E-state index in [-0.39, 0.29) is 29.9 Å². The van der Waals surface area contributed by atoms with Gasteiger partial charge in [0.05, 0.1) is 19.0 Å². The van der Waals surface area contributed by atoms with Crippen LogP contribution >= 0.6 is 31.4 Å². The first-order valence-corrected chi connectivity index (χ1v) is 17.8. The van der Waals surface area contributed by atoms with E-state index in [2.05, 4.69) is 41.5 Å². The Morgan fingerprint density at radius 1 is 0.593 bits per heavy atom. The fourth-order valence-electron chi connectivity index (χ4n) is 3.22. The maximum absolute atomic E-state index is 6.05. The van der Waals surface area contributed by atoms with E-state index in [9.17, 15) is 0 Å². The van der Waals surface area contributed by atoms with Crippen molar-refractivity contribution >= 4 is 50.5 Å². The molecule has 0 amide bonds. The Bertz CT molecular complexity index is 278. The lowest BCUT2D eigenvalue weighted by molar-refractivity contribution is -0.176. The quantitative estimate of drug-likeness (QED) is 0.112. The summed E-state index contributed by atoms with van der Waals surface area (Å²) in [5, 5.41) is 0. The highest BCUT2D eigenvalue weighted by molar-refractivity contribution is 9.09. The molecule has 0 rings (SSSR count). The Balaban J connectivity index is 4.24. The van der Waals surface area contributed by atoms with Crippen LogP contribution in [0.3, 0.4) is 0 Å². The zero-order valence-electron chi connectivity index (χ0n) is 18.3. The van der Waals surface area contributed by atoms with Crippen LogP contribution in [0.15, 0.2) is 0 Å². The lowest BCUT2D eigenvalue weighted by Gasteiger charge is -2.33. The third-order valence-electron chi connectivity index (χ3n) is 4.12. The fraction of sp³-hybridized carbons (Fsp3) is 1.00. The predicted octanol–water partition coefficient (Wildman–Crippen LogP) is 4.46. The van der Waals surface area contributed by atoms with E-state index in [1.807, 2.05) is 31.4 Å². The largest absolute Gasteiger partial charge is 0.355 e. The van der Waals surface area contributed by atoms with Crippen LogP contribution < -0.4 is 0 Å². The molecule has 0 aliphatic rings. The van der Waals surface area contributed by atoms with Gasteiger partial charge in [0.15, 0.2) is 0 Å². The SMILES string of the molecule is CCOC(CCSSSCCC(OCC)(OCC)[SiH2]CC)(OCC)[SiH2]CC. The molecule has 0 atom stereocenters. The van der Waals surface area contributed by atoms with E-state index in [4.69, 9.17) is 18.9 Å². The van der Waals surface area contributed by atoms with Gasteiger partial charge in [0, 0.05) is 50.8 Å². The van der Waals surface area contributed by atoms with Gasteiger partial charge in [0.1, 0.15) is 10.8 Å². The first-order chi connectivity index (χ1) is 13.1. The Hall–Kier alpha value is 1.32. The van der Waals surface area contributed by atoms with E-state index in [1.165, 1.54) is 12.1 Å². The first-order valence-electron chi connectivity index (χ1n) is 10.5. The highest BCUT2D eigenvalue weighted by Crippen LogP contribution is 2.38. The molecular formula is C18H42O4S3Si2. The van der Waals surface area contributed by atoms with Gasteiger partial charge in [-0.05, 0) is 37.5 Å². The van der Waals surface area contributed by atoms with Gasteiger partial charge in [-0.25, -0.2) is 0 Å². The first kappa shape index (κ1) is 28.3. The number of hydrogen-bond donors (Lipinski definition) is 0. The van der Waals surface area contributed by atoms with Crippen molar-refractivity contribution in [3.05, 3.63) is 0 Å². The van der Waals surface area contributed by atoms with Crippen molar-refractivity contribution in [1.82, 2.24) is 0 Å². The summed E-state index contributed by atoms with van der Waals surface area (Å²) in [5.74, 6) is 2.13. The van der Waals surface area contributed by atoms with Gasteiger partial charge in [-0.15, -0.1) is 0 Å². The minimum atomic E-state index is -0.376. The van der Waals surface area contributed by atoms with Crippen LogP contribution in [0.5, 0.6) is 0 Å². The Labute approximate surface area is 184 Å². The molecule has 0 saturated carbocycles. The summed E-state index contributed by atoms with van der Waals surface area (Å²) in [6.07, 6.45) is 2.00. The van der Waals surface area contributed by atoms with Gasteiger partial charge in [0.2, 0.25) is 0 Å². The number of ether oxygens (including phenoxy) is 4. The molecule has 0 radical (unpaired) electrons. The van der Waals surface area contributed by atoms with Crippen LogP contribution in [0.1, 0.15) is 54.4 Å². The molecule has 0 aromatic rings. The van der Waals surface area contributed by atoms with Crippen molar-refractivity contribution in [1.29, 1.82) is 0 Å². The monoisotopic (exact) mass is 474 g/mol. The van der Waals surface area contributed by atoms with Crippen LogP contribution in [0.4, 0.5) is 0 Å². The topological polar surface area (TPSA) is 36.9 Å². The van der Waals surface area contributed by atoms with Gasteiger partial charge >= 0.3 is 0 Å². The molecule has 9 heteroatoms. The predicted molar refractivity (Wildman–Crippen MR) is 132 cm³/mol. The second kappa shape index (κ2) is 18.1. The van der Waals surface area contributed by atoms with E-state index >= 15 is 0 Å². The number of rotatable bonds is 20. The molecule has 0 saturated heterocycles. The average Bonchev–Trinajstić information content (AvgIpc) is 2.62. The summed E-state index contributed by atoms with van der Waals surface area (Å²) in [4.78, 5) is 0. The molecule has 0 aliphatic heterocycles. The molecule has 0 spiro atoms. The third kappa shape index (κ3) is 12.6. The molecule has 0 N–H and O–H groups in total. The second-order valence-electron chi connectivity index (χ2n) is 6.27. The molecule has 4 nitrogen and oxygen atoms in total. The summed E-state index contributed by atoms with van der Waals surface area (Å²) in [6.45, 7) is 15.7. The lowest BCUT2D eigenvalue weighted by Crippen LogP contribution is -2.43. The zero-order chi connectivity index (χ0) is 20.4. The maximum Gasteiger partial charge on any atom is 0.145 e. The maximum atomic E-state index is 6.05.